The molecular weight excluding hydrogens is 378 g/mol. The van der Waals surface area contributed by atoms with Crippen molar-refractivity contribution in [1.29, 1.82) is 0 Å². The molecule has 0 unspecified atom stereocenters. The summed E-state index contributed by atoms with van der Waals surface area (Å²) in [7, 11) is 1.66. The maximum absolute atomic E-state index is 11.7. The van der Waals surface area contributed by atoms with Crippen molar-refractivity contribution in [3.8, 4) is 17.0 Å². The number of rotatable bonds is 5. The van der Waals surface area contributed by atoms with Gasteiger partial charge in [-0.25, -0.2) is 9.97 Å². The van der Waals surface area contributed by atoms with E-state index in [4.69, 9.17) is 16.3 Å². The molecule has 1 aromatic carbocycles. The number of fused-ring (bicyclic) bond motifs is 1. The fourth-order valence-electron chi connectivity index (χ4n) is 3.55. The number of hydrogen-bond donors (Lipinski definition) is 1. The molecule has 2 aromatic heterocycles. The van der Waals surface area contributed by atoms with E-state index in [1.165, 1.54) is 0 Å². The fraction of sp³-hybridized carbons (Fsp3) is 0.350. The smallest absolute Gasteiger partial charge is 0.237 e. The Balaban J connectivity index is 1.53. The Hall–Kier alpha value is -2.80. The second kappa shape index (κ2) is 8.06. The molecule has 4 rings (SSSR count). The standard InChI is InChI=1S/C20H22ClN5O2/c1-28-16-4-2-14(3-5-16)17-13-23-20-19(22-8-11-26(17)20)24-15-6-9-25(10-7-15)18(27)12-21/h2-5,8,11,13,15H,6-7,9-10,12H2,1H3,(H,22,24). The Labute approximate surface area is 168 Å². The maximum Gasteiger partial charge on any atom is 0.237 e. The highest BCUT2D eigenvalue weighted by molar-refractivity contribution is 6.27. The first-order valence-corrected chi connectivity index (χ1v) is 9.80. The topological polar surface area (TPSA) is 71.8 Å². The van der Waals surface area contributed by atoms with Gasteiger partial charge in [-0.1, -0.05) is 0 Å². The van der Waals surface area contributed by atoms with Gasteiger partial charge in [0.05, 0.1) is 19.0 Å². The number of carbonyl (C=O) groups excluding carboxylic acids is 1. The molecule has 0 aliphatic carbocycles. The molecule has 1 saturated heterocycles. The molecule has 0 bridgehead atoms. The Morgan fingerprint density at radius 3 is 2.68 bits per heavy atom. The Bertz CT molecular complexity index is 964. The van der Waals surface area contributed by atoms with Crippen LogP contribution in [-0.2, 0) is 4.79 Å². The SMILES string of the molecule is COc1ccc(-c2cnc3c(NC4CCN(C(=O)CCl)CC4)nccn23)cc1. The molecule has 1 amide bonds. The van der Waals surface area contributed by atoms with Gasteiger partial charge < -0.3 is 15.0 Å². The van der Waals surface area contributed by atoms with Gasteiger partial charge in [-0.3, -0.25) is 9.20 Å². The number of aromatic nitrogens is 3. The number of halogens is 1. The number of likely N-dealkylation sites (tertiary alicyclic amines) is 1. The highest BCUT2D eigenvalue weighted by Gasteiger charge is 2.23. The number of alkyl halides is 1. The number of imidazole rings is 1. The molecule has 3 heterocycles. The summed E-state index contributed by atoms with van der Waals surface area (Å²) in [4.78, 5) is 22.6. The lowest BCUT2D eigenvalue weighted by atomic mass is 10.1. The number of ether oxygens (including phenoxy) is 1. The number of nitrogens with one attached hydrogen (secondary N) is 1. The first kappa shape index (κ1) is 18.6. The summed E-state index contributed by atoms with van der Waals surface area (Å²) in [6.45, 7) is 1.41. The summed E-state index contributed by atoms with van der Waals surface area (Å²) >= 11 is 5.65. The third kappa shape index (κ3) is 3.62. The van der Waals surface area contributed by atoms with E-state index in [1.807, 2.05) is 46.0 Å². The van der Waals surface area contributed by atoms with Crippen molar-refractivity contribution < 1.29 is 9.53 Å². The van der Waals surface area contributed by atoms with Crippen LogP contribution in [-0.4, -0.2) is 57.3 Å². The molecule has 7 nitrogen and oxygen atoms in total. The van der Waals surface area contributed by atoms with Crippen LogP contribution in [0.5, 0.6) is 5.75 Å². The second-order valence-electron chi connectivity index (χ2n) is 6.77. The third-order valence-electron chi connectivity index (χ3n) is 5.12. The minimum atomic E-state index is -0.00210. The predicted molar refractivity (Wildman–Crippen MR) is 109 cm³/mol. The molecule has 0 radical (unpaired) electrons. The molecule has 28 heavy (non-hydrogen) atoms. The van der Waals surface area contributed by atoms with E-state index in [1.54, 1.807) is 13.3 Å². The van der Waals surface area contributed by atoms with E-state index >= 15 is 0 Å². The van der Waals surface area contributed by atoms with E-state index in [0.29, 0.717) is 13.1 Å². The van der Waals surface area contributed by atoms with Crippen LogP contribution in [0.15, 0.2) is 42.9 Å². The van der Waals surface area contributed by atoms with E-state index in [-0.39, 0.29) is 17.8 Å². The maximum atomic E-state index is 11.7. The quantitative estimate of drug-likeness (QED) is 0.667. The third-order valence-corrected chi connectivity index (χ3v) is 5.35. The van der Waals surface area contributed by atoms with Gasteiger partial charge in [-0.15, -0.1) is 11.6 Å². The van der Waals surface area contributed by atoms with Crippen molar-refractivity contribution in [1.82, 2.24) is 19.3 Å². The lowest BCUT2D eigenvalue weighted by molar-refractivity contribution is -0.129. The van der Waals surface area contributed by atoms with Crippen molar-refractivity contribution in [3.05, 3.63) is 42.9 Å². The zero-order valence-corrected chi connectivity index (χ0v) is 16.4. The van der Waals surface area contributed by atoms with Gasteiger partial charge in [0.2, 0.25) is 5.91 Å². The summed E-state index contributed by atoms with van der Waals surface area (Å²) in [5.74, 6) is 1.61. The minimum Gasteiger partial charge on any atom is -0.497 e. The van der Waals surface area contributed by atoms with E-state index in [0.717, 1.165) is 41.3 Å². The number of anilines is 1. The van der Waals surface area contributed by atoms with Crippen molar-refractivity contribution in [2.45, 2.75) is 18.9 Å². The fourth-order valence-corrected chi connectivity index (χ4v) is 3.72. The van der Waals surface area contributed by atoms with Gasteiger partial charge in [0.15, 0.2) is 11.5 Å². The van der Waals surface area contributed by atoms with E-state index in [2.05, 4.69) is 15.3 Å². The van der Waals surface area contributed by atoms with Gasteiger partial charge >= 0.3 is 0 Å². The number of methoxy groups -OCH3 is 1. The summed E-state index contributed by atoms with van der Waals surface area (Å²) in [6, 6.07) is 8.15. The Morgan fingerprint density at radius 1 is 1.25 bits per heavy atom. The predicted octanol–water partition coefficient (Wildman–Crippen LogP) is 3.05. The first-order valence-electron chi connectivity index (χ1n) is 9.26. The van der Waals surface area contributed by atoms with Crippen molar-refractivity contribution in [3.63, 3.8) is 0 Å². The molecule has 146 valence electrons. The molecule has 0 atom stereocenters. The summed E-state index contributed by atoms with van der Waals surface area (Å²) < 4.78 is 7.26. The molecule has 3 aromatic rings. The Kier molecular flexibility index (Phi) is 5.34. The van der Waals surface area contributed by atoms with Gasteiger partial charge in [0.1, 0.15) is 11.6 Å². The number of nitrogens with zero attached hydrogens (tertiary/aromatic N) is 4. The van der Waals surface area contributed by atoms with Crippen LogP contribution in [0.4, 0.5) is 5.82 Å². The number of amides is 1. The summed E-state index contributed by atoms with van der Waals surface area (Å²) in [6.07, 6.45) is 7.26. The summed E-state index contributed by atoms with van der Waals surface area (Å²) in [5.41, 5.74) is 2.83. The highest BCUT2D eigenvalue weighted by Crippen LogP contribution is 2.26. The highest BCUT2D eigenvalue weighted by atomic mass is 35.5. The average Bonchev–Trinajstić information content (AvgIpc) is 3.19. The molecule has 1 N–H and O–H groups in total. The molecule has 1 aliphatic rings. The lowest BCUT2D eigenvalue weighted by Crippen LogP contribution is -2.43. The monoisotopic (exact) mass is 399 g/mol. The van der Waals surface area contributed by atoms with Gasteiger partial charge in [-0.05, 0) is 37.1 Å². The second-order valence-corrected chi connectivity index (χ2v) is 7.04. The minimum absolute atomic E-state index is 0.00210. The van der Waals surface area contributed by atoms with Crippen LogP contribution in [0.25, 0.3) is 16.9 Å². The van der Waals surface area contributed by atoms with Crippen LogP contribution < -0.4 is 10.1 Å². The van der Waals surface area contributed by atoms with E-state index < -0.39 is 0 Å². The van der Waals surface area contributed by atoms with E-state index in [9.17, 15) is 4.79 Å². The molecule has 0 spiro atoms. The van der Waals surface area contributed by atoms with Gasteiger partial charge in [0, 0.05) is 37.1 Å². The average molecular weight is 400 g/mol. The Morgan fingerprint density at radius 2 is 2.00 bits per heavy atom. The molecule has 1 fully saturated rings. The van der Waals surface area contributed by atoms with Gasteiger partial charge in [0.25, 0.3) is 0 Å². The first-order chi connectivity index (χ1) is 13.7. The zero-order valence-electron chi connectivity index (χ0n) is 15.6. The van der Waals surface area contributed by atoms with Crippen molar-refractivity contribution in [2.24, 2.45) is 0 Å². The van der Waals surface area contributed by atoms with Crippen molar-refractivity contribution >= 4 is 29.0 Å². The molecule has 8 heteroatoms. The number of hydrogen-bond acceptors (Lipinski definition) is 5. The lowest BCUT2D eigenvalue weighted by Gasteiger charge is -2.32. The van der Waals surface area contributed by atoms with Crippen LogP contribution in [0.2, 0.25) is 0 Å². The normalized spacial score (nSPS) is 15.0. The van der Waals surface area contributed by atoms with Gasteiger partial charge in [-0.2, -0.15) is 0 Å². The largest absolute Gasteiger partial charge is 0.497 e. The molecule has 1 aliphatic heterocycles. The van der Waals surface area contributed by atoms with Crippen LogP contribution in [0, 0.1) is 0 Å². The number of benzene rings is 1. The van der Waals surface area contributed by atoms with Crippen LogP contribution in [0.1, 0.15) is 12.8 Å². The molecular formula is C20H22ClN5O2. The number of piperidine rings is 1. The van der Waals surface area contributed by atoms with Crippen LogP contribution >= 0.6 is 11.6 Å². The number of carbonyl (C=O) groups is 1. The summed E-state index contributed by atoms with van der Waals surface area (Å²) in [5, 5.41) is 3.50. The van der Waals surface area contributed by atoms with Crippen molar-refractivity contribution in [2.75, 3.05) is 31.4 Å². The van der Waals surface area contributed by atoms with Crippen LogP contribution in [0.3, 0.4) is 0 Å². The molecule has 0 saturated carbocycles. The zero-order chi connectivity index (χ0) is 19.5.